The Labute approximate surface area is 90.7 Å². The van der Waals surface area contributed by atoms with Crippen molar-refractivity contribution in [2.24, 2.45) is 17.3 Å². The third-order valence-electron chi connectivity index (χ3n) is 3.29. The van der Waals surface area contributed by atoms with E-state index >= 15 is 0 Å². The molecule has 0 radical (unpaired) electrons. The zero-order valence-corrected chi connectivity index (χ0v) is 11.1. The topological polar surface area (TPSA) is 12.0 Å². The highest BCUT2D eigenvalue weighted by molar-refractivity contribution is 4.76. The molecule has 1 atom stereocenters. The summed E-state index contributed by atoms with van der Waals surface area (Å²) in [4.78, 5) is 0. The third-order valence-corrected chi connectivity index (χ3v) is 3.29. The molecule has 0 rings (SSSR count). The van der Waals surface area contributed by atoms with Gasteiger partial charge in [0.1, 0.15) is 0 Å². The summed E-state index contributed by atoms with van der Waals surface area (Å²) in [7, 11) is 0. The Morgan fingerprint density at radius 3 is 1.86 bits per heavy atom. The predicted molar refractivity (Wildman–Crippen MR) is 65.5 cm³/mol. The van der Waals surface area contributed by atoms with E-state index in [0.29, 0.717) is 11.5 Å². The van der Waals surface area contributed by atoms with Crippen LogP contribution in [0.1, 0.15) is 54.9 Å². The van der Waals surface area contributed by atoms with Crippen LogP contribution in [0, 0.1) is 17.3 Å². The Morgan fingerprint density at radius 1 is 1.00 bits per heavy atom. The van der Waals surface area contributed by atoms with Gasteiger partial charge >= 0.3 is 0 Å². The van der Waals surface area contributed by atoms with Crippen molar-refractivity contribution in [2.75, 3.05) is 6.54 Å². The summed E-state index contributed by atoms with van der Waals surface area (Å²) in [6.07, 6.45) is 1.27. The molecule has 0 spiro atoms. The number of hydrogen-bond acceptors (Lipinski definition) is 1. The Bertz CT molecular complexity index is 147. The Hall–Kier alpha value is -0.0400. The average Bonchev–Trinajstić information content (AvgIpc) is 1.99. The van der Waals surface area contributed by atoms with Crippen molar-refractivity contribution in [3.63, 3.8) is 0 Å². The van der Waals surface area contributed by atoms with Crippen LogP contribution in [-0.2, 0) is 0 Å². The van der Waals surface area contributed by atoms with Crippen LogP contribution in [-0.4, -0.2) is 12.6 Å². The highest BCUT2D eigenvalue weighted by Gasteiger charge is 2.22. The van der Waals surface area contributed by atoms with Gasteiger partial charge in [-0.25, -0.2) is 0 Å². The molecule has 0 aliphatic heterocycles. The second-order valence-corrected chi connectivity index (χ2v) is 6.05. The smallest absolute Gasteiger partial charge is 0.00413 e. The van der Waals surface area contributed by atoms with E-state index < -0.39 is 0 Å². The zero-order chi connectivity index (χ0) is 11.4. The number of hydrogen-bond donors (Lipinski definition) is 1. The van der Waals surface area contributed by atoms with E-state index in [1.165, 1.54) is 6.42 Å². The third kappa shape index (κ3) is 5.64. The van der Waals surface area contributed by atoms with Crippen LogP contribution in [0.3, 0.4) is 0 Å². The Balaban J connectivity index is 3.81. The van der Waals surface area contributed by atoms with Gasteiger partial charge < -0.3 is 5.32 Å². The quantitative estimate of drug-likeness (QED) is 0.688. The van der Waals surface area contributed by atoms with Gasteiger partial charge in [0.25, 0.3) is 0 Å². The van der Waals surface area contributed by atoms with Gasteiger partial charge in [-0.15, -0.1) is 0 Å². The SMILES string of the molecule is CC(C)CC(C)NCC(C)(C)C(C)C. The molecule has 0 aromatic rings. The minimum absolute atomic E-state index is 0.408. The molecule has 0 aromatic carbocycles. The molecular formula is C13H29N. The van der Waals surface area contributed by atoms with E-state index in [-0.39, 0.29) is 0 Å². The van der Waals surface area contributed by atoms with Gasteiger partial charge in [0, 0.05) is 12.6 Å². The van der Waals surface area contributed by atoms with Crippen molar-refractivity contribution in [1.82, 2.24) is 5.32 Å². The van der Waals surface area contributed by atoms with Crippen LogP contribution < -0.4 is 5.32 Å². The first-order valence-electron chi connectivity index (χ1n) is 5.99. The van der Waals surface area contributed by atoms with Gasteiger partial charge in [0.15, 0.2) is 0 Å². The highest BCUT2D eigenvalue weighted by Crippen LogP contribution is 2.25. The highest BCUT2D eigenvalue weighted by atomic mass is 14.9. The molecule has 86 valence electrons. The van der Waals surface area contributed by atoms with Gasteiger partial charge in [-0.05, 0) is 30.6 Å². The van der Waals surface area contributed by atoms with Crippen LogP contribution in [0.2, 0.25) is 0 Å². The molecule has 0 aliphatic carbocycles. The van der Waals surface area contributed by atoms with Crippen molar-refractivity contribution in [2.45, 2.75) is 60.9 Å². The fourth-order valence-electron chi connectivity index (χ4n) is 1.43. The van der Waals surface area contributed by atoms with Crippen LogP contribution in [0.4, 0.5) is 0 Å². The lowest BCUT2D eigenvalue weighted by atomic mass is 9.81. The molecule has 0 aliphatic rings. The summed E-state index contributed by atoms with van der Waals surface area (Å²) < 4.78 is 0. The van der Waals surface area contributed by atoms with E-state index in [1.807, 2.05) is 0 Å². The molecule has 14 heavy (non-hydrogen) atoms. The lowest BCUT2D eigenvalue weighted by Gasteiger charge is -2.31. The second-order valence-electron chi connectivity index (χ2n) is 6.05. The maximum Gasteiger partial charge on any atom is 0.00413 e. The Kier molecular flexibility index (Phi) is 5.73. The summed E-state index contributed by atoms with van der Waals surface area (Å²) >= 11 is 0. The number of rotatable bonds is 6. The van der Waals surface area contributed by atoms with Gasteiger partial charge in [0.05, 0.1) is 0 Å². The van der Waals surface area contributed by atoms with Crippen LogP contribution in [0.5, 0.6) is 0 Å². The molecule has 0 amide bonds. The molecule has 0 fully saturated rings. The molecule has 0 saturated carbocycles. The predicted octanol–water partition coefficient (Wildman–Crippen LogP) is 3.69. The second kappa shape index (κ2) is 5.75. The fraction of sp³-hybridized carbons (Fsp3) is 1.00. The zero-order valence-electron chi connectivity index (χ0n) is 11.1. The first-order valence-corrected chi connectivity index (χ1v) is 5.99. The van der Waals surface area contributed by atoms with Gasteiger partial charge in [-0.2, -0.15) is 0 Å². The standard InChI is InChI=1S/C13H29N/c1-10(2)8-12(5)14-9-13(6,7)11(3)4/h10-12,14H,8-9H2,1-7H3. The lowest BCUT2D eigenvalue weighted by Crippen LogP contribution is -2.38. The minimum Gasteiger partial charge on any atom is -0.314 e. The summed E-state index contributed by atoms with van der Waals surface area (Å²) in [5.41, 5.74) is 0.408. The molecule has 1 heteroatoms. The van der Waals surface area contributed by atoms with Crippen molar-refractivity contribution in [3.8, 4) is 0 Å². The van der Waals surface area contributed by atoms with Gasteiger partial charge in [-0.3, -0.25) is 0 Å². The van der Waals surface area contributed by atoms with E-state index in [1.54, 1.807) is 0 Å². The average molecular weight is 199 g/mol. The molecule has 1 nitrogen and oxygen atoms in total. The molecule has 0 heterocycles. The number of nitrogens with one attached hydrogen (secondary N) is 1. The largest absolute Gasteiger partial charge is 0.314 e. The maximum atomic E-state index is 3.64. The van der Waals surface area contributed by atoms with Crippen molar-refractivity contribution < 1.29 is 0 Å². The maximum absolute atomic E-state index is 3.64. The lowest BCUT2D eigenvalue weighted by molar-refractivity contribution is 0.225. The summed E-state index contributed by atoms with van der Waals surface area (Å²) in [6, 6.07) is 0.646. The van der Waals surface area contributed by atoms with Crippen LogP contribution in [0.25, 0.3) is 0 Å². The van der Waals surface area contributed by atoms with E-state index in [9.17, 15) is 0 Å². The summed E-state index contributed by atoms with van der Waals surface area (Å²) in [5.74, 6) is 1.53. The first kappa shape index (κ1) is 14.0. The Morgan fingerprint density at radius 2 is 1.50 bits per heavy atom. The van der Waals surface area contributed by atoms with E-state index in [4.69, 9.17) is 0 Å². The minimum atomic E-state index is 0.408. The summed E-state index contributed by atoms with van der Waals surface area (Å²) in [6.45, 7) is 17.3. The molecular weight excluding hydrogens is 170 g/mol. The van der Waals surface area contributed by atoms with Crippen LogP contribution in [0.15, 0.2) is 0 Å². The molecule has 1 unspecified atom stereocenters. The molecule has 0 aromatic heterocycles. The normalized spacial score (nSPS) is 15.2. The first-order chi connectivity index (χ1) is 6.25. The van der Waals surface area contributed by atoms with Crippen LogP contribution >= 0.6 is 0 Å². The van der Waals surface area contributed by atoms with Gasteiger partial charge in [-0.1, -0.05) is 41.5 Å². The monoisotopic (exact) mass is 199 g/mol. The van der Waals surface area contributed by atoms with Crippen molar-refractivity contribution in [1.29, 1.82) is 0 Å². The van der Waals surface area contributed by atoms with E-state index in [2.05, 4.69) is 53.8 Å². The van der Waals surface area contributed by atoms with Crippen molar-refractivity contribution in [3.05, 3.63) is 0 Å². The van der Waals surface area contributed by atoms with Gasteiger partial charge in [0.2, 0.25) is 0 Å². The van der Waals surface area contributed by atoms with Crippen molar-refractivity contribution >= 4 is 0 Å². The fourth-order valence-corrected chi connectivity index (χ4v) is 1.43. The molecule has 0 bridgehead atoms. The molecule has 1 N–H and O–H groups in total. The molecule has 0 saturated heterocycles. The summed E-state index contributed by atoms with van der Waals surface area (Å²) in [5, 5.41) is 3.64. The van der Waals surface area contributed by atoms with E-state index in [0.717, 1.165) is 18.4 Å².